The normalized spacial score (nSPS) is 13.0. The Morgan fingerprint density at radius 3 is 2.47 bits per heavy atom. The standard InChI is InChI=1S/C22H22F2N6/c1-12(2)20(25-3)22-26-21(29-30-22)15-10-16-18(27-28-19(16)11-17(15)24)9-6-13-4-7-14(23)8-5-13/h4-12,20,25H,1-3H3,(H,27,28)(H,26,29,30)/t20-/m0/s1. The average Bonchev–Trinajstić information content (AvgIpc) is 3.34. The maximum absolute atomic E-state index is 14.7. The van der Waals surface area contributed by atoms with Crippen molar-refractivity contribution in [1.29, 1.82) is 0 Å². The molecule has 0 aliphatic rings. The molecule has 6 nitrogen and oxygen atoms in total. The Kier molecular flexibility index (Phi) is 5.41. The highest BCUT2D eigenvalue weighted by Crippen LogP contribution is 2.28. The molecule has 2 aromatic carbocycles. The highest BCUT2D eigenvalue weighted by molar-refractivity contribution is 5.92. The first-order valence-corrected chi connectivity index (χ1v) is 9.67. The Morgan fingerprint density at radius 1 is 1.00 bits per heavy atom. The Labute approximate surface area is 172 Å². The third-order valence-corrected chi connectivity index (χ3v) is 5.00. The molecule has 3 N–H and O–H groups in total. The third-order valence-electron chi connectivity index (χ3n) is 5.00. The van der Waals surface area contributed by atoms with Gasteiger partial charge in [-0.05, 0) is 42.8 Å². The van der Waals surface area contributed by atoms with Crippen molar-refractivity contribution in [3.05, 3.63) is 65.1 Å². The smallest absolute Gasteiger partial charge is 0.184 e. The summed E-state index contributed by atoms with van der Waals surface area (Å²) in [5.74, 6) is 0.517. The zero-order chi connectivity index (χ0) is 21.3. The van der Waals surface area contributed by atoms with E-state index < -0.39 is 5.82 Å². The molecule has 0 unspecified atom stereocenters. The van der Waals surface area contributed by atoms with E-state index in [0.717, 1.165) is 10.9 Å². The van der Waals surface area contributed by atoms with Gasteiger partial charge in [0.2, 0.25) is 0 Å². The summed E-state index contributed by atoms with van der Waals surface area (Å²) < 4.78 is 27.8. The molecule has 8 heteroatoms. The fourth-order valence-corrected chi connectivity index (χ4v) is 3.43. The average molecular weight is 408 g/mol. The van der Waals surface area contributed by atoms with E-state index >= 15 is 0 Å². The summed E-state index contributed by atoms with van der Waals surface area (Å²) in [6.07, 6.45) is 3.62. The highest BCUT2D eigenvalue weighted by Gasteiger charge is 2.20. The van der Waals surface area contributed by atoms with Crippen LogP contribution in [0.1, 0.15) is 37.0 Å². The fourth-order valence-electron chi connectivity index (χ4n) is 3.43. The number of benzene rings is 2. The van der Waals surface area contributed by atoms with E-state index in [1.165, 1.54) is 18.2 Å². The van der Waals surface area contributed by atoms with Crippen molar-refractivity contribution in [2.75, 3.05) is 7.05 Å². The second kappa shape index (κ2) is 8.16. The van der Waals surface area contributed by atoms with Crippen LogP contribution in [0.4, 0.5) is 8.78 Å². The zero-order valence-corrected chi connectivity index (χ0v) is 16.9. The minimum absolute atomic E-state index is 0.0128. The number of aromatic amines is 2. The molecule has 2 heterocycles. The Bertz CT molecular complexity index is 1190. The lowest BCUT2D eigenvalue weighted by atomic mass is 10.0. The maximum atomic E-state index is 14.7. The van der Waals surface area contributed by atoms with Gasteiger partial charge >= 0.3 is 0 Å². The number of H-pyrrole nitrogens is 2. The van der Waals surface area contributed by atoms with Crippen molar-refractivity contribution >= 4 is 23.1 Å². The Hall–Kier alpha value is -3.39. The summed E-state index contributed by atoms with van der Waals surface area (Å²) in [5.41, 5.74) is 2.34. The highest BCUT2D eigenvalue weighted by atomic mass is 19.1. The summed E-state index contributed by atoms with van der Waals surface area (Å²) in [4.78, 5) is 4.50. The SMILES string of the molecule is CN[C@H](c1nc(-c2cc3c(C=Cc4ccc(F)cc4)n[nH]c3cc2F)n[nH]1)C(C)C. The van der Waals surface area contributed by atoms with Crippen LogP contribution in [-0.4, -0.2) is 32.4 Å². The first-order chi connectivity index (χ1) is 14.5. The number of nitrogens with one attached hydrogen (secondary N) is 3. The molecule has 0 bridgehead atoms. The molecule has 2 aromatic heterocycles. The molecule has 4 rings (SSSR count). The predicted octanol–water partition coefficient (Wildman–Crippen LogP) is 4.71. The van der Waals surface area contributed by atoms with Gasteiger partial charge in [-0.15, -0.1) is 0 Å². The number of nitrogens with zero attached hydrogens (tertiary/aromatic N) is 3. The van der Waals surface area contributed by atoms with E-state index in [1.807, 2.05) is 13.1 Å². The lowest BCUT2D eigenvalue weighted by molar-refractivity contribution is 0.424. The van der Waals surface area contributed by atoms with Crippen LogP contribution >= 0.6 is 0 Å². The Balaban J connectivity index is 1.70. The van der Waals surface area contributed by atoms with Crippen molar-refractivity contribution in [2.45, 2.75) is 19.9 Å². The monoisotopic (exact) mass is 408 g/mol. The summed E-state index contributed by atoms with van der Waals surface area (Å²) in [6, 6.07) is 9.21. The second-order valence-electron chi connectivity index (χ2n) is 7.43. The molecule has 0 spiro atoms. The van der Waals surface area contributed by atoms with Crippen LogP contribution in [0.15, 0.2) is 36.4 Å². The van der Waals surface area contributed by atoms with Gasteiger partial charge in [0.05, 0.1) is 22.8 Å². The molecule has 30 heavy (non-hydrogen) atoms. The lowest BCUT2D eigenvalue weighted by Crippen LogP contribution is -2.22. The number of rotatable bonds is 6. The molecular weight excluding hydrogens is 386 g/mol. The van der Waals surface area contributed by atoms with Crippen molar-refractivity contribution in [2.24, 2.45) is 5.92 Å². The minimum atomic E-state index is -0.434. The van der Waals surface area contributed by atoms with Crippen LogP contribution in [0, 0.1) is 17.6 Å². The molecule has 0 fully saturated rings. The van der Waals surface area contributed by atoms with E-state index in [4.69, 9.17) is 0 Å². The van der Waals surface area contributed by atoms with Gasteiger partial charge in [0.25, 0.3) is 0 Å². The molecular formula is C22H22F2N6. The maximum Gasteiger partial charge on any atom is 0.184 e. The number of aromatic nitrogens is 5. The molecule has 0 aliphatic carbocycles. The molecule has 0 amide bonds. The quantitative estimate of drug-likeness (QED) is 0.431. The summed E-state index contributed by atoms with van der Waals surface area (Å²) in [5, 5.41) is 18.2. The molecule has 4 aromatic rings. The van der Waals surface area contributed by atoms with Gasteiger partial charge in [-0.1, -0.05) is 32.1 Å². The van der Waals surface area contributed by atoms with Gasteiger partial charge in [0.1, 0.15) is 17.5 Å². The van der Waals surface area contributed by atoms with Crippen molar-refractivity contribution < 1.29 is 8.78 Å². The number of hydrogen-bond acceptors (Lipinski definition) is 4. The molecule has 0 aliphatic heterocycles. The van der Waals surface area contributed by atoms with Crippen LogP contribution in [0.2, 0.25) is 0 Å². The molecule has 0 radical (unpaired) electrons. The van der Waals surface area contributed by atoms with Crippen LogP contribution in [0.5, 0.6) is 0 Å². The third kappa shape index (κ3) is 3.86. The summed E-state index contributed by atoms with van der Waals surface area (Å²) in [6.45, 7) is 4.14. The van der Waals surface area contributed by atoms with E-state index in [1.54, 1.807) is 24.3 Å². The van der Waals surface area contributed by atoms with E-state index in [0.29, 0.717) is 34.3 Å². The predicted molar refractivity (Wildman–Crippen MR) is 113 cm³/mol. The largest absolute Gasteiger partial charge is 0.310 e. The topological polar surface area (TPSA) is 82.3 Å². The van der Waals surface area contributed by atoms with Gasteiger partial charge in [-0.2, -0.15) is 10.2 Å². The number of fused-ring (bicyclic) bond motifs is 1. The van der Waals surface area contributed by atoms with Crippen LogP contribution in [0.25, 0.3) is 34.4 Å². The minimum Gasteiger partial charge on any atom is -0.310 e. The fraction of sp³-hybridized carbons (Fsp3) is 0.227. The summed E-state index contributed by atoms with van der Waals surface area (Å²) >= 11 is 0. The van der Waals surface area contributed by atoms with Crippen LogP contribution in [-0.2, 0) is 0 Å². The van der Waals surface area contributed by atoms with Crippen molar-refractivity contribution in [3.63, 3.8) is 0 Å². The van der Waals surface area contributed by atoms with Gasteiger partial charge in [-0.25, -0.2) is 13.8 Å². The number of hydrogen-bond donors (Lipinski definition) is 3. The zero-order valence-electron chi connectivity index (χ0n) is 16.9. The van der Waals surface area contributed by atoms with Crippen LogP contribution < -0.4 is 5.32 Å². The molecule has 0 saturated carbocycles. The van der Waals surface area contributed by atoms with Gasteiger partial charge < -0.3 is 5.32 Å². The lowest BCUT2D eigenvalue weighted by Gasteiger charge is -2.16. The van der Waals surface area contributed by atoms with Crippen molar-refractivity contribution in [1.82, 2.24) is 30.7 Å². The van der Waals surface area contributed by atoms with E-state index in [-0.39, 0.29) is 11.9 Å². The van der Waals surface area contributed by atoms with Gasteiger partial charge in [-0.3, -0.25) is 10.2 Å². The first kappa shape index (κ1) is 19.9. The van der Waals surface area contributed by atoms with E-state index in [2.05, 4.69) is 44.5 Å². The van der Waals surface area contributed by atoms with Crippen molar-refractivity contribution in [3.8, 4) is 11.4 Å². The molecule has 0 saturated heterocycles. The Morgan fingerprint density at radius 2 is 1.77 bits per heavy atom. The van der Waals surface area contributed by atoms with Gasteiger partial charge in [0.15, 0.2) is 5.82 Å². The second-order valence-corrected chi connectivity index (χ2v) is 7.43. The van der Waals surface area contributed by atoms with E-state index in [9.17, 15) is 8.78 Å². The molecule has 154 valence electrons. The molecule has 1 atom stereocenters. The first-order valence-electron chi connectivity index (χ1n) is 9.67. The summed E-state index contributed by atoms with van der Waals surface area (Å²) in [7, 11) is 1.85. The van der Waals surface area contributed by atoms with Crippen LogP contribution in [0.3, 0.4) is 0 Å². The van der Waals surface area contributed by atoms with Gasteiger partial charge in [0, 0.05) is 11.5 Å². The number of halogens is 2.